The lowest BCUT2D eigenvalue weighted by Crippen LogP contribution is -2.21. The highest BCUT2D eigenvalue weighted by atomic mass is 35.5. The fraction of sp³-hybridized carbons (Fsp3) is 0.176. The number of rotatable bonds is 5. The Labute approximate surface area is 145 Å². The van der Waals surface area contributed by atoms with Crippen molar-refractivity contribution in [2.24, 2.45) is 0 Å². The van der Waals surface area contributed by atoms with E-state index < -0.39 is 10.0 Å². The molecular weight excluding hydrogens is 350 g/mol. The first-order chi connectivity index (χ1) is 11.5. The lowest BCUT2D eigenvalue weighted by molar-refractivity contribution is 0.171. The van der Waals surface area contributed by atoms with Gasteiger partial charge in [0.1, 0.15) is 13.2 Å². The smallest absolute Gasteiger partial charge is 0.234 e. The topological polar surface area (TPSA) is 64.6 Å². The summed E-state index contributed by atoms with van der Waals surface area (Å²) in [4.78, 5) is 0. The number of benzene rings is 2. The van der Waals surface area contributed by atoms with Crippen LogP contribution in [0.2, 0.25) is 5.02 Å². The Balaban J connectivity index is 1.63. The van der Waals surface area contributed by atoms with E-state index in [1.165, 1.54) is 6.08 Å². The van der Waals surface area contributed by atoms with E-state index in [-0.39, 0.29) is 6.54 Å². The van der Waals surface area contributed by atoms with Gasteiger partial charge in [0.2, 0.25) is 10.0 Å². The molecule has 24 heavy (non-hydrogen) atoms. The maximum Gasteiger partial charge on any atom is 0.234 e. The van der Waals surface area contributed by atoms with E-state index in [1.54, 1.807) is 42.5 Å². The molecule has 1 aliphatic rings. The molecule has 0 amide bonds. The second-order valence-electron chi connectivity index (χ2n) is 5.20. The highest BCUT2D eigenvalue weighted by Crippen LogP contribution is 2.30. The summed E-state index contributed by atoms with van der Waals surface area (Å²) in [5.74, 6) is 1.31. The van der Waals surface area contributed by atoms with E-state index in [1.807, 2.05) is 0 Å². The van der Waals surface area contributed by atoms with Gasteiger partial charge in [-0.05, 0) is 41.5 Å². The van der Waals surface area contributed by atoms with Gasteiger partial charge < -0.3 is 9.47 Å². The lowest BCUT2D eigenvalue weighted by Gasteiger charge is -2.18. The predicted octanol–water partition coefficient (Wildman–Crippen LogP) is 3.20. The lowest BCUT2D eigenvalue weighted by atomic mass is 10.2. The molecule has 2 aromatic rings. The Hall–Kier alpha value is -2.02. The van der Waals surface area contributed by atoms with Crippen molar-refractivity contribution in [1.29, 1.82) is 0 Å². The van der Waals surface area contributed by atoms with Crippen LogP contribution in [0.25, 0.3) is 6.08 Å². The Kier molecular flexibility index (Phi) is 5.08. The molecule has 0 spiro atoms. The molecule has 0 fully saturated rings. The van der Waals surface area contributed by atoms with Gasteiger partial charge in [0.25, 0.3) is 0 Å². The molecule has 3 rings (SSSR count). The second kappa shape index (κ2) is 7.25. The van der Waals surface area contributed by atoms with Gasteiger partial charge in [-0.3, -0.25) is 0 Å². The van der Waals surface area contributed by atoms with Crippen LogP contribution in [0.15, 0.2) is 47.9 Å². The van der Waals surface area contributed by atoms with Crippen LogP contribution in [0.5, 0.6) is 11.5 Å². The van der Waals surface area contributed by atoms with Crippen molar-refractivity contribution in [2.75, 3.05) is 13.2 Å². The monoisotopic (exact) mass is 365 g/mol. The number of ether oxygens (including phenoxy) is 2. The Bertz CT molecular complexity index is 847. The second-order valence-corrected chi connectivity index (χ2v) is 7.29. The Morgan fingerprint density at radius 1 is 1.04 bits per heavy atom. The first-order valence-electron chi connectivity index (χ1n) is 7.34. The molecule has 0 saturated carbocycles. The first-order valence-corrected chi connectivity index (χ1v) is 9.26. The van der Waals surface area contributed by atoms with E-state index in [2.05, 4.69) is 4.72 Å². The molecule has 0 bridgehead atoms. The van der Waals surface area contributed by atoms with Crippen molar-refractivity contribution >= 4 is 27.7 Å². The Morgan fingerprint density at radius 3 is 2.50 bits per heavy atom. The predicted molar refractivity (Wildman–Crippen MR) is 93.7 cm³/mol. The van der Waals surface area contributed by atoms with E-state index in [0.717, 1.165) is 16.5 Å². The largest absolute Gasteiger partial charge is 0.486 e. The van der Waals surface area contributed by atoms with Crippen LogP contribution in [0, 0.1) is 0 Å². The minimum atomic E-state index is -3.54. The number of sulfonamides is 1. The molecule has 126 valence electrons. The van der Waals surface area contributed by atoms with Crippen LogP contribution in [0.4, 0.5) is 0 Å². The Morgan fingerprint density at radius 2 is 1.75 bits per heavy atom. The molecule has 0 atom stereocenters. The highest BCUT2D eigenvalue weighted by molar-refractivity contribution is 7.92. The van der Waals surface area contributed by atoms with Gasteiger partial charge in [-0.15, -0.1) is 0 Å². The van der Waals surface area contributed by atoms with Gasteiger partial charge in [0, 0.05) is 17.0 Å². The van der Waals surface area contributed by atoms with E-state index in [9.17, 15) is 8.42 Å². The fourth-order valence-corrected chi connectivity index (χ4v) is 3.10. The maximum atomic E-state index is 12.1. The molecule has 0 aliphatic carbocycles. The molecule has 1 heterocycles. The van der Waals surface area contributed by atoms with Crippen LogP contribution in [-0.4, -0.2) is 21.6 Å². The van der Waals surface area contributed by atoms with Gasteiger partial charge >= 0.3 is 0 Å². The zero-order valence-corrected chi connectivity index (χ0v) is 14.3. The van der Waals surface area contributed by atoms with Crippen molar-refractivity contribution in [3.05, 3.63) is 64.0 Å². The van der Waals surface area contributed by atoms with Gasteiger partial charge in [0.05, 0.1) is 0 Å². The summed E-state index contributed by atoms with van der Waals surface area (Å²) in [6, 6.07) is 12.3. The number of nitrogens with one attached hydrogen (secondary N) is 1. The van der Waals surface area contributed by atoms with Crippen LogP contribution in [0.1, 0.15) is 11.1 Å². The van der Waals surface area contributed by atoms with E-state index >= 15 is 0 Å². The molecule has 0 aromatic heterocycles. The summed E-state index contributed by atoms with van der Waals surface area (Å²) in [7, 11) is -3.54. The zero-order valence-electron chi connectivity index (χ0n) is 12.7. The van der Waals surface area contributed by atoms with Crippen molar-refractivity contribution in [1.82, 2.24) is 4.72 Å². The van der Waals surface area contributed by atoms with Gasteiger partial charge in [-0.2, -0.15) is 0 Å². The molecule has 0 radical (unpaired) electrons. The molecule has 5 nitrogen and oxygen atoms in total. The summed E-state index contributed by atoms with van der Waals surface area (Å²) < 4.78 is 37.6. The normalized spacial score (nSPS) is 14.0. The third-order valence-electron chi connectivity index (χ3n) is 3.39. The fourth-order valence-electron chi connectivity index (χ4n) is 2.17. The highest BCUT2D eigenvalue weighted by Gasteiger charge is 2.12. The van der Waals surface area contributed by atoms with Crippen molar-refractivity contribution in [3.63, 3.8) is 0 Å². The van der Waals surface area contributed by atoms with Crippen molar-refractivity contribution in [3.8, 4) is 11.5 Å². The average Bonchev–Trinajstić information content (AvgIpc) is 2.59. The standard InChI is InChI=1S/C17H16ClNO4S/c18-15-4-1-13(2-5-15)7-10-24(20,21)19-12-14-3-6-16-17(11-14)23-9-8-22-16/h1-7,10-11,19H,8-9,12H2/b10-7+. The van der Waals surface area contributed by atoms with Crippen LogP contribution in [-0.2, 0) is 16.6 Å². The first kappa shape index (κ1) is 16.8. The number of fused-ring (bicyclic) bond motifs is 1. The van der Waals surface area contributed by atoms with E-state index in [4.69, 9.17) is 21.1 Å². The quantitative estimate of drug-likeness (QED) is 0.883. The molecule has 2 aromatic carbocycles. The van der Waals surface area contributed by atoms with Crippen molar-refractivity contribution < 1.29 is 17.9 Å². The third-order valence-corrected chi connectivity index (χ3v) is 4.69. The van der Waals surface area contributed by atoms with Crippen LogP contribution in [0.3, 0.4) is 0 Å². The van der Waals surface area contributed by atoms with Crippen LogP contribution < -0.4 is 14.2 Å². The van der Waals surface area contributed by atoms with E-state index in [0.29, 0.717) is 29.7 Å². The summed E-state index contributed by atoms with van der Waals surface area (Å²) >= 11 is 5.80. The minimum Gasteiger partial charge on any atom is -0.486 e. The summed E-state index contributed by atoms with van der Waals surface area (Å²) in [6.07, 6.45) is 1.52. The molecule has 7 heteroatoms. The number of halogens is 1. The average molecular weight is 366 g/mol. The van der Waals surface area contributed by atoms with Crippen LogP contribution >= 0.6 is 11.6 Å². The number of hydrogen-bond donors (Lipinski definition) is 1. The molecular formula is C17H16ClNO4S. The minimum absolute atomic E-state index is 0.171. The number of hydrogen-bond acceptors (Lipinski definition) is 4. The molecule has 1 aliphatic heterocycles. The molecule has 1 N–H and O–H groups in total. The maximum absolute atomic E-state index is 12.1. The van der Waals surface area contributed by atoms with Gasteiger partial charge in [-0.1, -0.05) is 29.8 Å². The molecule has 0 saturated heterocycles. The summed E-state index contributed by atoms with van der Waals surface area (Å²) in [5, 5.41) is 1.74. The van der Waals surface area contributed by atoms with Gasteiger partial charge in [0.15, 0.2) is 11.5 Å². The van der Waals surface area contributed by atoms with Crippen molar-refractivity contribution in [2.45, 2.75) is 6.54 Å². The molecule has 0 unspecified atom stereocenters. The van der Waals surface area contributed by atoms with Gasteiger partial charge in [-0.25, -0.2) is 13.1 Å². The summed E-state index contributed by atoms with van der Waals surface area (Å²) in [5.41, 5.74) is 1.55. The zero-order chi connectivity index (χ0) is 17.0. The SMILES string of the molecule is O=S(=O)(/C=C/c1ccc(Cl)cc1)NCc1ccc2c(c1)OCCO2. The summed E-state index contributed by atoms with van der Waals surface area (Å²) in [6.45, 7) is 1.18. The third kappa shape index (κ3) is 4.50.